The van der Waals surface area contributed by atoms with E-state index < -0.39 is 18.1 Å². The fourth-order valence-corrected chi connectivity index (χ4v) is 4.14. The molecule has 0 aliphatic heterocycles. The van der Waals surface area contributed by atoms with Gasteiger partial charge in [0.05, 0.1) is 6.42 Å². The molecular weight excluding hydrogens is 408 g/mol. The Morgan fingerprint density at radius 3 is 2.16 bits per heavy atom. The Morgan fingerprint density at radius 1 is 0.969 bits per heavy atom. The van der Waals surface area contributed by atoms with Crippen molar-refractivity contribution in [2.45, 2.75) is 45.1 Å². The van der Waals surface area contributed by atoms with Gasteiger partial charge in [0.1, 0.15) is 6.61 Å². The first-order valence-corrected chi connectivity index (χ1v) is 10.9. The second-order valence-electron chi connectivity index (χ2n) is 8.42. The Kier molecular flexibility index (Phi) is 7.87. The summed E-state index contributed by atoms with van der Waals surface area (Å²) < 4.78 is 5.51. The van der Waals surface area contributed by atoms with Gasteiger partial charge in [0, 0.05) is 24.9 Å². The summed E-state index contributed by atoms with van der Waals surface area (Å²) >= 11 is 0. The smallest absolute Gasteiger partial charge is 0.407 e. The van der Waals surface area contributed by atoms with Crippen molar-refractivity contribution in [2.75, 3.05) is 13.2 Å². The highest BCUT2D eigenvalue weighted by Gasteiger charge is 2.29. The van der Waals surface area contributed by atoms with Crippen LogP contribution < -0.4 is 10.6 Å². The third-order valence-corrected chi connectivity index (χ3v) is 5.67. The third-order valence-electron chi connectivity index (χ3n) is 5.67. The van der Waals surface area contributed by atoms with Gasteiger partial charge in [-0.15, -0.1) is 0 Å². The van der Waals surface area contributed by atoms with E-state index in [-0.39, 0.29) is 37.2 Å². The summed E-state index contributed by atoms with van der Waals surface area (Å²) in [6.45, 7) is 4.24. The summed E-state index contributed by atoms with van der Waals surface area (Å²) in [7, 11) is 0. The zero-order valence-electron chi connectivity index (χ0n) is 18.5. The fraction of sp³-hybridized carbons (Fsp3) is 0.400. The number of carbonyl (C=O) groups is 3. The van der Waals surface area contributed by atoms with Crippen molar-refractivity contribution in [1.82, 2.24) is 10.6 Å². The number of nitrogens with one attached hydrogen (secondary N) is 2. The zero-order chi connectivity index (χ0) is 23.1. The van der Waals surface area contributed by atoms with Crippen LogP contribution in [0.2, 0.25) is 0 Å². The quantitative estimate of drug-likeness (QED) is 0.521. The number of carbonyl (C=O) groups excluding carboxylic acids is 2. The van der Waals surface area contributed by atoms with Crippen molar-refractivity contribution in [3.05, 3.63) is 59.7 Å². The van der Waals surface area contributed by atoms with Gasteiger partial charge in [0.25, 0.3) is 0 Å². The van der Waals surface area contributed by atoms with Crippen LogP contribution in [0.5, 0.6) is 0 Å². The second-order valence-corrected chi connectivity index (χ2v) is 8.42. The zero-order valence-corrected chi connectivity index (χ0v) is 18.5. The Hall–Kier alpha value is -3.35. The lowest BCUT2D eigenvalue weighted by Crippen LogP contribution is -2.35. The minimum absolute atomic E-state index is 0.0172. The predicted octanol–water partition coefficient (Wildman–Crippen LogP) is 3.92. The summed E-state index contributed by atoms with van der Waals surface area (Å²) in [5.74, 6) is -1.07. The van der Waals surface area contributed by atoms with Gasteiger partial charge in [-0.25, -0.2) is 4.79 Å². The van der Waals surface area contributed by atoms with E-state index in [1.807, 2.05) is 31.2 Å². The van der Waals surface area contributed by atoms with Gasteiger partial charge in [-0.05, 0) is 41.5 Å². The standard InChI is InChI=1S/C25H30N2O5/c1-16(13-23(28)27-17(2)14-24(29)30)11-12-26-25(31)32-15-22-20-9-5-3-7-18(20)19-8-4-6-10-21(19)22/h3-10,16-17,22H,11-15H2,1-2H3,(H,26,31)(H,27,28)(H,29,30). The van der Waals surface area contributed by atoms with E-state index in [0.29, 0.717) is 13.0 Å². The molecule has 0 heterocycles. The molecule has 0 spiro atoms. The largest absolute Gasteiger partial charge is 0.481 e. The Balaban J connectivity index is 1.41. The average Bonchev–Trinajstić information content (AvgIpc) is 3.05. The van der Waals surface area contributed by atoms with E-state index in [1.54, 1.807) is 6.92 Å². The normalized spacial score (nSPS) is 14.1. The number of fused-ring (bicyclic) bond motifs is 3. The van der Waals surface area contributed by atoms with Crippen LogP contribution in [0.15, 0.2) is 48.5 Å². The molecule has 0 bridgehead atoms. The first-order chi connectivity index (χ1) is 15.3. The Morgan fingerprint density at radius 2 is 1.56 bits per heavy atom. The molecule has 7 nitrogen and oxygen atoms in total. The van der Waals surface area contributed by atoms with Gasteiger partial charge in [0.15, 0.2) is 0 Å². The van der Waals surface area contributed by atoms with Gasteiger partial charge in [-0.1, -0.05) is 55.5 Å². The minimum atomic E-state index is -0.946. The van der Waals surface area contributed by atoms with Crippen LogP contribution in [0.1, 0.15) is 50.2 Å². The summed E-state index contributed by atoms with van der Waals surface area (Å²) in [6.07, 6.45) is 0.309. The number of hydrogen-bond acceptors (Lipinski definition) is 4. The summed E-state index contributed by atoms with van der Waals surface area (Å²) in [5, 5.41) is 14.2. The molecule has 0 saturated heterocycles. The van der Waals surface area contributed by atoms with Gasteiger partial charge in [-0.2, -0.15) is 0 Å². The molecule has 0 aromatic heterocycles. The highest BCUT2D eigenvalue weighted by Crippen LogP contribution is 2.44. The molecule has 0 radical (unpaired) electrons. The highest BCUT2D eigenvalue weighted by atomic mass is 16.5. The highest BCUT2D eigenvalue weighted by molar-refractivity contribution is 5.79. The molecule has 2 atom stereocenters. The van der Waals surface area contributed by atoms with Crippen LogP contribution in [-0.2, 0) is 14.3 Å². The maximum Gasteiger partial charge on any atom is 0.407 e. The van der Waals surface area contributed by atoms with Crippen molar-refractivity contribution < 1.29 is 24.2 Å². The maximum atomic E-state index is 12.2. The lowest BCUT2D eigenvalue weighted by atomic mass is 9.98. The molecule has 2 aromatic rings. The molecule has 7 heteroatoms. The van der Waals surface area contributed by atoms with E-state index in [0.717, 1.165) is 0 Å². The number of carboxylic acids is 1. The summed E-state index contributed by atoms with van der Waals surface area (Å²) in [4.78, 5) is 34.9. The number of hydrogen-bond donors (Lipinski definition) is 3. The van der Waals surface area contributed by atoms with E-state index in [4.69, 9.17) is 9.84 Å². The van der Waals surface area contributed by atoms with Crippen molar-refractivity contribution in [1.29, 1.82) is 0 Å². The lowest BCUT2D eigenvalue weighted by Gasteiger charge is -2.16. The van der Waals surface area contributed by atoms with Crippen LogP contribution in [-0.4, -0.2) is 42.3 Å². The number of rotatable bonds is 10. The molecule has 1 aliphatic carbocycles. The van der Waals surface area contributed by atoms with Crippen LogP contribution in [0.4, 0.5) is 4.79 Å². The molecule has 2 aromatic carbocycles. The molecule has 3 rings (SSSR count). The first kappa shape index (κ1) is 23.3. The van der Waals surface area contributed by atoms with Crippen LogP contribution >= 0.6 is 0 Å². The van der Waals surface area contributed by atoms with Gasteiger partial charge >= 0.3 is 12.1 Å². The molecule has 32 heavy (non-hydrogen) atoms. The molecule has 2 amide bonds. The van der Waals surface area contributed by atoms with E-state index in [9.17, 15) is 14.4 Å². The number of amides is 2. The summed E-state index contributed by atoms with van der Waals surface area (Å²) in [6, 6.07) is 15.9. The summed E-state index contributed by atoms with van der Waals surface area (Å²) in [5.41, 5.74) is 4.69. The van der Waals surface area contributed by atoms with Gasteiger partial charge in [0.2, 0.25) is 5.91 Å². The molecule has 1 aliphatic rings. The van der Waals surface area contributed by atoms with Crippen LogP contribution in [0.3, 0.4) is 0 Å². The predicted molar refractivity (Wildman–Crippen MR) is 121 cm³/mol. The molecule has 0 fully saturated rings. The molecule has 0 saturated carbocycles. The first-order valence-electron chi connectivity index (χ1n) is 10.9. The SMILES string of the molecule is CC(CCNC(=O)OCC1c2ccccc2-c2ccccc21)CC(=O)NC(C)CC(=O)O. The number of ether oxygens (including phenoxy) is 1. The van der Waals surface area contributed by atoms with Crippen molar-refractivity contribution in [3.63, 3.8) is 0 Å². The van der Waals surface area contributed by atoms with E-state index >= 15 is 0 Å². The van der Waals surface area contributed by atoms with Gasteiger partial charge in [-0.3, -0.25) is 9.59 Å². The Bertz CT molecular complexity index is 929. The molecule has 170 valence electrons. The van der Waals surface area contributed by atoms with E-state index in [1.165, 1.54) is 22.3 Å². The molecule has 2 unspecified atom stereocenters. The fourth-order valence-electron chi connectivity index (χ4n) is 4.14. The van der Waals surface area contributed by atoms with Crippen molar-refractivity contribution >= 4 is 18.0 Å². The topological polar surface area (TPSA) is 105 Å². The maximum absolute atomic E-state index is 12.2. The van der Waals surface area contributed by atoms with Crippen LogP contribution in [0.25, 0.3) is 11.1 Å². The molecule has 3 N–H and O–H groups in total. The Labute approximate surface area is 188 Å². The van der Waals surface area contributed by atoms with E-state index in [2.05, 4.69) is 34.9 Å². The number of aliphatic carboxylic acids is 1. The number of alkyl carbamates (subject to hydrolysis) is 1. The van der Waals surface area contributed by atoms with Crippen LogP contribution in [0, 0.1) is 5.92 Å². The van der Waals surface area contributed by atoms with Crippen molar-refractivity contribution in [2.24, 2.45) is 5.92 Å². The minimum Gasteiger partial charge on any atom is -0.481 e. The molecular formula is C25H30N2O5. The third kappa shape index (κ3) is 6.09. The monoisotopic (exact) mass is 438 g/mol. The average molecular weight is 439 g/mol. The number of benzene rings is 2. The number of carboxylic acid groups (broad SMARTS) is 1. The van der Waals surface area contributed by atoms with Gasteiger partial charge < -0.3 is 20.5 Å². The lowest BCUT2D eigenvalue weighted by molar-refractivity contribution is -0.137. The van der Waals surface area contributed by atoms with Crippen molar-refractivity contribution in [3.8, 4) is 11.1 Å². The second kappa shape index (κ2) is 10.8.